The molecule has 0 spiro atoms. The number of carbonyl (C=O) groups is 1. The Balaban J connectivity index is 1.68. The third kappa shape index (κ3) is 3.38. The van der Waals surface area contributed by atoms with Crippen molar-refractivity contribution in [2.75, 3.05) is 26.7 Å². The quantitative estimate of drug-likeness (QED) is 0.900. The minimum atomic E-state index is -0.888. The molecule has 3 rings (SSSR count). The fourth-order valence-corrected chi connectivity index (χ4v) is 4.04. The van der Waals surface area contributed by atoms with Crippen LogP contribution in [0.15, 0.2) is 18.2 Å². The lowest BCUT2D eigenvalue weighted by molar-refractivity contribution is 0.0525. The molecule has 0 radical (unpaired) electrons. The van der Waals surface area contributed by atoms with E-state index < -0.39 is 17.7 Å². The maximum atomic E-state index is 13.9. The topological polar surface area (TPSA) is 35.6 Å². The zero-order valence-electron chi connectivity index (χ0n) is 14.3. The fraction of sp³-hybridized carbons (Fsp3) is 0.611. The molecule has 0 saturated carbocycles. The van der Waals surface area contributed by atoms with Crippen LogP contribution >= 0.6 is 0 Å². The van der Waals surface area contributed by atoms with Gasteiger partial charge in [-0.25, -0.2) is 13.6 Å². The summed E-state index contributed by atoms with van der Waals surface area (Å²) in [6.07, 6.45) is 3.11. The van der Waals surface area contributed by atoms with Gasteiger partial charge >= 0.3 is 6.03 Å². The molecule has 2 fully saturated rings. The summed E-state index contributed by atoms with van der Waals surface area (Å²) in [4.78, 5) is 16.9. The number of carbonyl (C=O) groups excluding carboxylic acids is 1. The largest absolute Gasteiger partial charge is 0.331 e. The lowest BCUT2D eigenvalue weighted by Crippen LogP contribution is -2.57. The van der Waals surface area contributed by atoms with Crippen LogP contribution in [-0.4, -0.2) is 48.6 Å². The van der Waals surface area contributed by atoms with Gasteiger partial charge in [-0.05, 0) is 51.8 Å². The second-order valence-electron chi connectivity index (χ2n) is 7.03. The van der Waals surface area contributed by atoms with Crippen LogP contribution in [-0.2, 0) is 0 Å². The van der Waals surface area contributed by atoms with Crippen molar-refractivity contribution in [2.24, 2.45) is 5.92 Å². The molecule has 0 aliphatic carbocycles. The van der Waals surface area contributed by atoms with Crippen LogP contribution in [0.4, 0.5) is 13.6 Å². The molecule has 6 heteroatoms. The van der Waals surface area contributed by atoms with Gasteiger partial charge in [-0.1, -0.05) is 12.1 Å². The molecule has 4 nitrogen and oxygen atoms in total. The second-order valence-corrected chi connectivity index (χ2v) is 7.03. The van der Waals surface area contributed by atoms with E-state index in [9.17, 15) is 13.6 Å². The average Bonchev–Trinajstić information content (AvgIpc) is 2.56. The number of hydrogen-bond acceptors (Lipinski definition) is 2. The second kappa shape index (κ2) is 7.05. The van der Waals surface area contributed by atoms with Gasteiger partial charge in [0.2, 0.25) is 0 Å². The van der Waals surface area contributed by atoms with Crippen molar-refractivity contribution < 1.29 is 13.6 Å². The van der Waals surface area contributed by atoms with Gasteiger partial charge in [0.05, 0.1) is 6.04 Å². The van der Waals surface area contributed by atoms with Crippen LogP contribution < -0.4 is 5.32 Å². The summed E-state index contributed by atoms with van der Waals surface area (Å²) in [6.45, 7) is 4.42. The molecule has 2 aliphatic heterocycles. The van der Waals surface area contributed by atoms with E-state index in [1.807, 2.05) is 4.90 Å². The van der Waals surface area contributed by atoms with Crippen LogP contribution in [0.2, 0.25) is 0 Å². The molecular weight excluding hydrogens is 312 g/mol. The summed E-state index contributed by atoms with van der Waals surface area (Å²) in [6, 6.07) is 3.56. The number of hydrogen-bond donors (Lipinski definition) is 1. The number of fused-ring (bicyclic) bond motifs is 1. The minimum absolute atomic E-state index is 0.176. The van der Waals surface area contributed by atoms with E-state index in [0.29, 0.717) is 5.92 Å². The Morgan fingerprint density at radius 2 is 2.08 bits per heavy atom. The molecule has 0 bridgehead atoms. The number of benzene rings is 1. The standard InChI is InChI=1S/C18H25F2N3O/c1-12(14-6-3-7-15(19)17(14)20)21-18(24)23-9-4-5-13-11-22(2)10-8-16(13)23/h3,6-7,12-13,16H,4-5,8-11H2,1-2H3,(H,21,24)/t12-,13+,16-/m0/s1. The molecule has 3 atom stereocenters. The molecule has 2 aliphatic rings. The molecule has 2 saturated heterocycles. The Morgan fingerprint density at radius 3 is 2.88 bits per heavy atom. The molecule has 132 valence electrons. The van der Waals surface area contributed by atoms with E-state index in [2.05, 4.69) is 17.3 Å². The third-order valence-corrected chi connectivity index (χ3v) is 5.32. The smallest absolute Gasteiger partial charge is 0.318 e. The predicted molar refractivity (Wildman–Crippen MR) is 88.6 cm³/mol. The number of piperidine rings is 2. The van der Waals surface area contributed by atoms with Crippen LogP contribution in [0.3, 0.4) is 0 Å². The maximum absolute atomic E-state index is 13.9. The molecule has 1 aromatic rings. The minimum Gasteiger partial charge on any atom is -0.331 e. The Morgan fingerprint density at radius 1 is 1.29 bits per heavy atom. The highest BCUT2D eigenvalue weighted by molar-refractivity contribution is 5.75. The number of urea groups is 1. The highest BCUT2D eigenvalue weighted by Gasteiger charge is 2.37. The van der Waals surface area contributed by atoms with E-state index >= 15 is 0 Å². The molecule has 24 heavy (non-hydrogen) atoms. The first-order valence-electron chi connectivity index (χ1n) is 8.67. The molecule has 2 amide bonds. The maximum Gasteiger partial charge on any atom is 0.318 e. The van der Waals surface area contributed by atoms with E-state index in [4.69, 9.17) is 0 Å². The van der Waals surface area contributed by atoms with Crippen molar-refractivity contribution >= 4 is 6.03 Å². The fourth-order valence-electron chi connectivity index (χ4n) is 4.04. The van der Waals surface area contributed by atoms with Gasteiger partial charge in [0.15, 0.2) is 11.6 Å². The van der Waals surface area contributed by atoms with Gasteiger partial charge in [-0.2, -0.15) is 0 Å². The molecular formula is C18H25F2N3O. The summed E-state index contributed by atoms with van der Waals surface area (Å²) in [5.74, 6) is -1.27. The van der Waals surface area contributed by atoms with Crippen molar-refractivity contribution in [3.05, 3.63) is 35.4 Å². The number of halogens is 2. The van der Waals surface area contributed by atoms with Gasteiger partial charge in [0.25, 0.3) is 0 Å². The number of nitrogens with one attached hydrogen (secondary N) is 1. The molecule has 1 N–H and O–H groups in total. The number of nitrogens with zero attached hydrogens (tertiary/aromatic N) is 2. The van der Waals surface area contributed by atoms with Crippen LogP contribution in [0, 0.1) is 17.6 Å². The van der Waals surface area contributed by atoms with Crippen molar-refractivity contribution in [3.8, 4) is 0 Å². The van der Waals surface area contributed by atoms with E-state index in [-0.39, 0.29) is 17.6 Å². The molecule has 1 aromatic carbocycles. The van der Waals surface area contributed by atoms with Gasteiger partial charge in [-0.3, -0.25) is 0 Å². The monoisotopic (exact) mass is 337 g/mol. The Bertz CT molecular complexity index is 610. The van der Waals surface area contributed by atoms with Crippen molar-refractivity contribution in [2.45, 2.75) is 38.3 Å². The van der Waals surface area contributed by atoms with E-state index in [0.717, 1.165) is 45.0 Å². The lowest BCUT2D eigenvalue weighted by Gasteiger charge is -2.46. The van der Waals surface area contributed by atoms with Gasteiger partial charge in [0, 0.05) is 24.7 Å². The first kappa shape index (κ1) is 17.1. The average molecular weight is 337 g/mol. The molecule has 2 heterocycles. The SMILES string of the molecule is C[C@H](NC(=O)N1CCC[C@@H]2CN(C)CC[C@@H]21)c1cccc(F)c1F. The zero-order valence-corrected chi connectivity index (χ0v) is 14.3. The van der Waals surface area contributed by atoms with Gasteiger partial charge in [-0.15, -0.1) is 0 Å². The predicted octanol–water partition coefficient (Wildman–Crippen LogP) is 3.15. The lowest BCUT2D eigenvalue weighted by atomic mass is 9.84. The highest BCUT2D eigenvalue weighted by Crippen LogP contribution is 2.30. The normalized spacial score (nSPS) is 25.9. The molecule has 0 aromatic heterocycles. The van der Waals surface area contributed by atoms with Gasteiger partial charge < -0.3 is 15.1 Å². The first-order valence-corrected chi connectivity index (χ1v) is 8.67. The van der Waals surface area contributed by atoms with Crippen molar-refractivity contribution in [1.82, 2.24) is 15.1 Å². The number of rotatable bonds is 2. The summed E-state index contributed by atoms with van der Waals surface area (Å²) >= 11 is 0. The number of likely N-dealkylation sites (tertiary alicyclic amines) is 2. The summed E-state index contributed by atoms with van der Waals surface area (Å²) in [5.41, 5.74) is 0.181. The highest BCUT2D eigenvalue weighted by atomic mass is 19.2. The Kier molecular flexibility index (Phi) is 5.04. The van der Waals surface area contributed by atoms with Crippen molar-refractivity contribution in [3.63, 3.8) is 0 Å². The van der Waals surface area contributed by atoms with Crippen LogP contribution in [0.1, 0.15) is 37.8 Å². The van der Waals surface area contributed by atoms with Crippen molar-refractivity contribution in [1.29, 1.82) is 0 Å². The Hall–Kier alpha value is -1.69. The van der Waals surface area contributed by atoms with E-state index in [1.54, 1.807) is 6.92 Å². The van der Waals surface area contributed by atoms with Crippen LogP contribution in [0.5, 0.6) is 0 Å². The van der Waals surface area contributed by atoms with E-state index in [1.165, 1.54) is 12.1 Å². The number of amides is 2. The third-order valence-electron chi connectivity index (χ3n) is 5.32. The Labute approximate surface area is 141 Å². The summed E-state index contributed by atoms with van der Waals surface area (Å²) in [7, 11) is 2.12. The zero-order chi connectivity index (χ0) is 17.3. The van der Waals surface area contributed by atoms with Crippen LogP contribution in [0.25, 0.3) is 0 Å². The van der Waals surface area contributed by atoms with Gasteiger partial charge in [0.1, 0.15) is 0 Å². The summed E-state index contributed by atoms with van der Waals surface area (Å²) < 4.78 is 27.3. The summed E-state index contributed by atoms with van der Waals surface area (Å²) in [5, 5.41) is 2.84. The molecule has 0 unspecified atom stereocenters. The first-order chi connectivity index (χ1) is 11.5.